The van der Waals surface area contributed by atoms with Crippen LogP contribution in [0.25, 0.3) is 0 Å². The van der Waals surface area contributed by atoms with Gasteiger partial charge in [0.25, 0.3) is 5.91 Å². The normalized spacial score (nSPS) is 11.9. The molecule has 0 aliphatic heterocycles. The Labute approximate surface area is 160 Å². The Hall–Kier alpha value is -2.20. The van der Waals surface area contributed by atoms with E-state index in [0.29, 0.717) is 36.3 Å². The van der Waals surface area contributed by atoms with Crippen molar-refractivity contribution < 1.29 is 14.3 Å². The van der Waals surface area contributed by atoms with E-state index in [1.54, 1.807) is 12.1 Å². The molecule has 26 heavy (non-hydrogen) atoms. The molecule has 1 unspecified atom stereocenters. The average molecular weight is 376 g/mol. The molecule has 2 aromatic carbocycles. The largest absolute Gasteiger partial charge is 0.491 e. The Bertz CT molecular complexity index is 718. The van der Waals surface area contributed by atoms with Gasteiger partial charge in [0.05, 0.1) is 11.6 Å². The highest BCUT2D eigenvalue weighted by atomic mass is 35.5. The number of amides is 1. The molecule has 0 saturated heterocycles. The molecule has 4 nitrogen and oxygen atoms in total. The topological polar surface area (TPSA) is 47.6 Å². The van der Waals surface area contributed by atoms with Crippen molar-refractivity contribution in [3.05, 3.63) is 59.1 Å². The lowest BCUT2D eigenvalue weighted by Gasteiger charge is -2.18. The summed E-state index contributed by atoms with van der Waals surface area (Å²) in [7, 11) is 0. The molecule has 140 valence electrons. The van der Waals surface area contributed by atoms with Crippen molar-refractivity contribution in [1.82, 2.24) is 5.32 Å². The summed E-state index contributed by atoms with van der Waals surface area (Å²) in [5.74, 6) is 1.58. The average Bonchev–Trinajstić information content (AvgIpc) is 2.64. The molecule has 2 aromatic rings. The van der Waals surface area contributed by atoms with Crippen molar-refractivity contribution in [3.63, 3.8) is 0 Å². The van der Waals surface area contributed by atoms with Crippen LogP contribution < -0.4 is 14.8 Å². The van der Waals surface area contributed by atoms with Gasteiger partial charge in [0.15, 0.2) is 6.10 Å². The van der Waals surface area contributed by atoms with Crippen LogP contribution in [0, 0.1) is 0 Å². The Morgan fingerprint density at radius 2 is 1.73 bits per heavy atom. The monoisotopic (exact) mass is 375 g/mol. The molecule has 0 aromatic heterocycles. The summed E-state index contributed by atoms with van der Waals surface area (Å²) in [4.78, 5) is 12.3. The predicted octanol–water partition coefficient (Wildman–Crippen LogP) is 4.82. The zero-order chi connectivity index (χ0) is 18.9. The number of hydrogen-bond acceptors (Lipinski definition) is 3. The van der Waals surface area contributed by atoms with Gasteiger partial charge in [0.2, 0.25) is 0 Å². The van der Waals surface area contributed by atoms with Gasteiger partial charge in [-0.3, -0.25) is 4.79 Å². The quantitative estimate of drug-likeness (QED) is 0.639. The van der Waals surface area contributed by atoms with Gasteiger partial charge < -0.3 is 14.8 Å². The lowest BCUT2D eigenvalue weighted by atomic mass is 10.0. The van der Waals surface area contributed by atoms with E-state index >= 15 is 0 Å². The van der Waals surface area contributed by atoms with Gasteiger partial charge in [0.1, 0.15) is 18.1 Å². The number of nitrogens with one attached hydrogen (secondary N) is 1. The maximum absolute atomic E-state index is 12.3. The van der Waals surface area contributed by atoms with Crippen LogP contribution in [0.4, 0.5) is 0 Å². The van der Waals surface area contributed by atoms with Crippen LogP contribution >= 0.6 is 11.6 Å². The van der Waals surface area contributed by atoms with E-state index in [2.05, 4.69) is 25.2 Å². The Balaban J connectivity index is 1.83. The highest BCUT2D eigenvalue weighted by Gasteiger charge is 2.19. The molecule has 2 rings (SSSR count). The van der Waals surface area contributed by atoms with E-state index in [1.807, 2.05) is 37.3 Å². The lowest BCUT2D eigenvalue weighted by Crippen LogP contribution is -2.39. The summed E-state index contributed by atoms with van der Waals surface area (Å²) in [6.07, 6.45) is -0.0356. The molecular weight excluding hydrogens is 350 g/mol. The summed E-state index contributed by atoms with van der Waals surface area (Å²) in [5, 5.41) is 3.35. The second kappa shape index (κ2) is 10.1. The van der Waals surface area contributed by atoms with Crippen molar-refractivity contribution in [2.24, 2.45) is 0 Å². The van der Waals surface area contributed by atoms with Crippen molar-refractivity contribution in [3.8, 4) is 11.5 Å². The molecule has 0 aliphatic carbocycles. The van der Waals surface area contributed by atoms with E-state index in [0.717, 1.165) is 11.3 Å². The lowest BCUT2D eigenvalue weighted by molar-refractivity contribution is -0.128. The molecule has 0 saturated carbocycles. The standard InChI is InChI=1S/C21H26ClNO3/c1-4-18(26-20-12-8-6-10-17(20)22)21(24)23-13-14-25-19-11-7-5-9-16(19)15(2)3/h5-12,15,18H,4,13-14H2,1-3H3,(H,23,24). The molecule has 0 heterocycles. The first-order valence-corrected chi connectivity index (χ1v) is 9.31. The maximum atomic E-state index is 12.3. The van der Waals surface area contributed by atoms with Crippen molar-refractivity contribution >= 4 is 17.5 Å². The fraction of sp³-hybridized carbons (Fsp3) is 0.381. The molecule has 0 fully saturated rings. The third kappa shape index (κ3) is 5.67. The van der Waals surface area contributed by atoms with Gasteiger partial charge in [-0.15, -0.1) is 0 Å². The third-order valence-corrected chi connectivity index (χ3v) is 4.28. The fourth-order valence-corrected chi connectivity index (χ4v) is 2.73. The van der Waals surface area contributed by atoms with Crippen LogP contribution in [-0.4, -0.2) is 25.2 Å². The summed E-state index contributed by atoms with van der Waals surface area (Å²) in [6.45, 7) is 6.96. The van der Waals surface area contributed by atoms with Gasteiger partial charge in [-0.2, -0.15) is 0 Å². The first-order chi connectivity index (χ1) is 12.5. The van der Waals surface area contributed by atoms with E-state index < -0.39 is 6.10 Å². The zero-order valence-corrected chi connectivity index (χ0v) is 16.3. The SMILES string of the molecule is CCC(Oc1ccccc1Cl)C(=O)NCCOc1ccccc1C(C)C. The van der Waals surface area contributed by atoms with Gasteiger partial charge >= 0.3 is 0 Å². The van der Waals surface area contributed by atoms with Crippen molar-refractivity contribution in [2.45, 2.75) is 39.2 Å². The maximum Gasteiger partial charge on any atom is 0.261 e. The van der Waals surface area contributed by atoms with E-state index in [-0.39, 0.29) is 5.91 Å². The first-order valence-electron chi connectivity index (χ1n) is 8.93. The number of ether oxygens (including phenoxy) is 2. The van der Waals surface area contributed by atoms with Crippen molar-refractivity contribution in [1.29, 1.82) is 0 Å². The van der Waals surface area contributed by atoms with E-state index in [1.165, 1.54) is 0 Å². The molecule has 0 bridgehead atoms. The number of halogens is 1. The van der Waals surface area contributed by atoms with Crippen LogP contribution in [0.15, 0.2) is 48.5 Å². The minimum absolute atomic E-state index is 0.173. The van der Waals surface area contributed by atoms with E-state index in [4.69, 9.17) is 21.1 Å². The summed E-state index contributed by atoms with van der Waals surface area (Å²) in [5.41, 5.74) is 1.16. The highest BCUT2D eigenvalue weighted by Crippen LogP contribution is 2.26. The number of para-hydroxylation sites is 2. The van der Waals surface area contributed by atoms with Gasteiger partial charge in [-0.05, 0) is 36.1 Å². The fourth-order valence-electron chi connectivity index (χ4n) is 2.55. The molecule has 1 atom stereocenters. The summed E-state index contributed by atoms with van der Waals surface area (Å²) in [6, 6.07) is 15.1. The minimum Gasteiger partial charge on any atom is -0.491 e. The molecule has 1 N–H and O–H groups in total. The number of carbonyl (C=O) groups excluding carboxylic acids is 1. The molecular formula is C21H26ClNO3. The van der Waals surface area contributed by atoms with Gasteiger partial charge in [-0.25, -0.2) is 0 Å². The Kier molecular flexibility index (Phi) is 7.79. The van der Waals surface area contributed by atoms with Gasteiger partial charge in [0, 0.05) is 0 Å². The molecule has 1 amide bonds. The Morgan fingerprint density at radius 3 is 2.38 bits per heavy atom. The van der Waals surface area contributed by atoms with Crippen LogP contribution in [0.5, 0.6) is 11.5 Å². The van der Waals surface area contributed by atoms with Crippen molar-refractivity contribution in [2.75, 3.05) is 13.2 Å². The van der Waals surface area contributed by atoms with Crippen LogP contribution in [-0.2, 0) is 4.79 Å². The second-order valence-corrected chi connectivity index (χ2v) is 6.68. The number of rotatable bonds is 9. The Morgan fingerprint density at radius 1 is 1.08 bits per heavy atom. The number of carbonyl (C=O) groups is 1. The zero-order valence-electron chi connectivity index (χ0n) is 15.5. The first kappa shape index (κ1) is 20.1. The third-order valence-electron chi connectivity index (χ3n) is 3.97. The minimum atomic E-state index is -0.585. The van der Waals surface area contributed by atoms with Crippen LogP contribution in [0.2, 0.25) is 5.02 Å². The molecule has 5 heteroatoms. The smallest absolute Gasteiger partial charge is 0.261 e. The molecule has 0 radical (unpaired) electrons. The number of hydrogen-bond donors (Lipinski definition) is 1. The predicted molar refractivity (Wildman–Crippen MR) is 105 cm³/mol. The molecule has 0 aliphatic rings. The van der Waals surface area contributed by atoms with Gasteiger partial charge in [-0.1, -0.05) is 62.7 Å². The molecule has 0 spiro atoms. The van der Waals surface area contributed by atoms with Crippen LogP contribution in [0.1, 0.15) is 38.7 Å². The second-order valence-electron chi connectivity index (χ2n) is 6.28. The summed E-state index contributed by atoms with van der Waals surface area (Å²) < 4.78 is 11.6. The highest BCUT2D eigenvalue weighted by molar-refractivity contribution is 6.32. The number of benzene rings is 2. The van der Waals surface area contributed by atoms with E-state index in [9.17, 15) is 4.79 Å². The van der Waals surface area contributed by atoms with Crippen LogP contribution in [0.3, 0.4) is 0 Å². The summed E-state index contributed by atoms with van der Waals surface area (Å²) >= 11 is 6.09.